The van der Waals surface area contributed by atoms with E-state index < -0.39 is 17.4 Å². The Morgan fingerprint density at radius 2 is 2.43 bits per heavy atom. The number of hydrogen-bond acceptors (Lipinski definition) is 2. The highest BCUT2D eigenvalue weighted by Crippen LogP contribution is 1.93. The van der Waals surface area contributed by atoms with Crippen LogP contribution in [0.25, 0.3) is 0 Å². The van der Waals surface area contributed by atoms with E-state index in [1.807, 2.05) is 0 Å². The van der Waals surface area contributed by atoms with E-state index in [-0.39, 0.29) is 0 Å². The molecule has 0 aromatic carbocycles. The minimum atomic E-state index is -2.57. The summed E-state index contributed by atoms with van der Waals surface area (Å²) in [6.07, 6.45) is 0. The molecule has 42 valence electrons. The summed E-state index contributed by atoms with van der Waals surface area (Å²) in [6, 6.07) is -1.26. The molecule has 0 bridgehead atoms. The van der Waals surface area contributed by atoms with Gasteiger partial charge in [-0.2, -0.15) is 8.60 Å². The molecule has 0 spiro atoms. The van der Waals surface area contributed by atoms with Crippen LogP contribution in [0.5, 0.6) is 0 Å². The van der Waals surface area contributed by atoms with Gasteiger partial charge in [0.15, 0.2) is 0 Å². The molecule has 1 N–H and O–H groups in total. The molecule has 0 aliphatic heterocycles. The SMILES string of the molecule is C=C(F)OS(=O)O. The summed E-state index contributed by atoms with van der Waals surface area (Å²) in [5.41, 5.74) is 0. The molecule has 0 radical (unpaired) electrons. The molecule has 0 aliphatic carbocycles. The van der Waals surface area contributed by atoms with E-state index in [0.29, 0.717) is 0 Å². The van der Waals surface area contributed by atoms with Gasteiger partial charge in [0.2, 0.25) is 0 Å². The van der Waals surface area contributed by atoms with Crippen LogP contribution >= 0.6 is 0 Å². The van der Waals surface area contributed by atoms with Gasteiger partial charge in [0, 0.05) is 0 Å². The third-order valence-electron chi connectivity index (χ3n) is 0.162. The summed E-state index contributed by atoms with van der Waals surface area (Å²) in [5.74, 6) is 0. The topological polar surface area (TPSA) is 46.5 Å². The van der Waals surface area contributed by atoms with Gasteiger partial charge in [0.25, 0.3) is 6.01 Å². The molecule has 0 aromatic rings. The lowest BCUT2D eigenvalue weighted by Crippen LogP contribution is -1.88. The Balaban J connectivity index is 3.32. The quantitative estimate of drug-likeness (QED) is 0.435. The Labute approximate surface area is 42.3 Å². The van der Waals surface area contributed by atoms with Gasteiger partial charge < -0.3 is 4.18 Å². The molecule has 7 heavy (non-hydrogen) atoms. The first kappa shape index (κ1) is 6.58. The summed E-state index contributed by atoms with van der Waals surface area (Å²) < 4.78 is 31.7. The fourth-order valence-electron chi connectivity index (χ4n) is 0.0774. The molecule has 1 atom stereocenters. The van der Waals surface area contributed by atoms with E-state index in [0.717, 1.165) is 0 Å². The van der Waals surface area contributed by atoms with Crippen molar-refractivity contribution in [2.45, 2.75) is 0 Å². The van der Waals surface area contributed by atoms with Gasteiger partial charge >= 0.3 is 11.4 Å². The zero-order chi connectivity index (χ0) is 5.86. The third kappa shape index (κ3) is 5.58. The van der Waals surface area contributed by atoms with Gasteiger partial charge in [0.05, 0.1) is 0 Å². The lowest BCUT2D eigenvalue weighted by molar-refractivity contribution is 0.298. The predicted octanol–water partition coefficient (Wildman–Crippen LogP) is 0.580. The first-order valence-corrected chi connectivity index (χ1v) is 2.29. The lowest BCUT2D eigenvalue weighted by atomic mass is 11.1. The fourth-order valence-corrected chi connectivity index (χ4v) is 0.232. The average Bonchev–Trinajstić information content (AvgIpc) is 1.27. The molecular formula is C2H3FO3S. The molecule has 3 nitrogen and oxygen atoms in total. The Bertz CT molecular complexity index is 89.1. The van der Waals surface area contributed by atoms with Crippen molar-refractivity contribution in [1.82, 2.24) is 0 Å². The first-order chi connectivity index (χ1) is 3.13. The van der Waals surface area contributed by atoms with Crippen LogP contribution < -0.4 is 0 Å². The second-order valence-corrected chi connectivity index (χ2v) is 1.26. The van der Waals surface area contributed by atoms with Crippen molar-refractivity contribution in [3.05, 3.63) is 12.6 Å². The lowest BCUT2D eigenvalue weighted by Gasteiger charge is -1.88. The van der Waals surface area contributed by atoms with Crippen LogP contribution in [0, 0.1) is 0 Å². The van der Waals surface area contributed by atoms with Gasteiger partial charge in [-0.1, -0.05) is 0 Å². The Morgan fingerprint density at radius 3 is 2.43 bits per heavy atom. The summed E-state index contributed by atoms with van der Waals surface area (Å²) in [7, 11) is 0. The van der Waals surface area contributed by atoms with E-state index in [4.69, 9.17) is 4.55 Å². The van der Waals surface area contributed by atoms with Crippen LogP contribution in [0.2, 0.25) is 0 Å². The number of hydrogen-bond donors (Lipinski definition) is 1. The standard InChI is InChI=1S/C2H3FO3S/c1-2(3)6-7(4)5/h1H2,(H,4,5). The molecular weight excluding hydrogens is 123 g/mol. The van der Waals surface area contributed by atoms with Gasteiger partial charge in [0.1, 0.15) is 0 Å². The van der Waals surface area contributed by atoms with E-state index in [2.05, 4.69) is 10.8 Å². The van der Waals surface area contributed by atoms with E-state index in [9.17, 15) is 8.60 Å². The highest BCUT2D eigenvalue weighted by molar-refractivity contribution is 7.74. The molecule has 0 aromatic heterocycles. The summed E-state index contributed by atoms with van der Waals surface area (Å²) in [4.78, 5) is 0. The summed E-state index contributed by atoms with van der Waals surface area (Å²) in [5, 5.41) is 0. The maximum absolute atomic E-state index is 11.2. The normalized spacial score (nSPS) is 12.9. The molecule has 0 amide bonds. The predicted molar refractivity (Wildman–Crippen MR) is 22.1 cm³/mol. The zero-order valence-electron chi connectivity index (χ0n) is 3.26. The summed E-state index contributed by atoms with van der Waals surface area (Å²) in [6.45, 7) is 2.55. The van der Waals surface area contributed by atoms with E-state index in [1.165, 1.54) is 0 Å². The number of halogens is 1. The minimum Gasteiger partial charge on any atom is -0.351 e. The highest BCUT2D eigenvalue weighted by atomic mass is 32.2. The number of rotatable bonds is 2. The minimum absolute atomic E-state index is 1.26. The second kappa shape index (κ2) is 2.70. The second-order valence-electron chi connectivity index (χ2n) is 0.656. The molecule has 0 saturated carbocycles. The highest BCUT2D eigenvalue weighted by Gasteiger charge is 1.92. The van der Waals surface area contributed by atoms with Crippen molar-refractivity contribution in [2.75, 3.05) is 0 Å². The summed E-state index contributed by atoms with van der Waals surface area (Å²) >= 11 is -2.57. The van der Waals surface area contributed by atoms with E-state index in [1.54, 1.807) is 0 Å². The van der Waals surface area contributed by atoms with E-state index >= 15 is 0 Å². The van der Waals surface area contributed by atoms with Crippen LogP contribution in [0.4, 0.5) is 4.39 Å². The maximum atomic E-state index is 11.2. The third-order valence-corrected chi connectivity index (χ3v) is 0.485. The van der Waals surface area contributed by atoms with Gasteiger partial charge in [-0.05, 0) is 6.58 Å². The van der Waals surface area contributed by atoms with Crippen molar-refractivity contribution in [3.8, 4) is 0 Å². The Kier molecular flexibility index (Phi) is 2.54. The zero-order valence-corrected chi connectivity index (χ0v) is 4.07. The van der Waals surface area contributed by atoms with Crippen molar-refractivity contribution >= 4 is 11.4 Å². The van der Waals surface area contributed by atoms with Gasteiger partial charge in [-0.15, -0.1) is 0 Å². The smallest absolute Gasteiger partial charge is 0.351 e. The van der Waals surface area contributed by atoms with Crippen LogP contribution in [-0.2, 0) is 15.5 Å². The molecule has 0 heterocycles. The maximum Gasteiger partial charge on any atom is 0.359 e. The molecule has 5 heteroatoms. The molecule has 0 saturated heterocycles. The van der Waals surface area contributed by atoms with Crippen molar-refractivity contribution < 1.29 is 17.3 Å². The Hall–Kier alpha value is -0.420. The molecule has 0 aliphatic rings. The Morgan fingerprint density at radius 1 is 2.00 bits per heavy atom. The van der Waals surface area contributed by atoms with Crippen molar-refractivity contribution in [2.24, 2.45) is 0 Å². The largest absolute Gasteiger partial charge is 0.359 e. The van der Waals surface area contributed by atoms with Crippen LogP contribution in [0.15, 0.2) is 12.6 Å². The molecule has 1 unspecified atom stereocenters. The van der Waals surface area contributed by atoms with Crippen molar-refractivity contribution in [1.29, 1.82) is 0 Å². The fraction of sp³-hybridized carbons (Fsp3) is 0. The molecule has 0 fully saturated rings. The van der Waals surface area contributed by atoms with Crippen LogP contribution in [0.3, 0.4) is 0 Å². The monoisotopic (exact) mass is 126 g/mol. The van der Waals surface area contributed by atoms with Crippen LogP contribution in [-0.4, -0.2) is 8.76 Å². The molecule has 0 rings (SSSR count). The van der Waals surface area contributed by atoms with Crippen LogP contribution in [0.1, 0.15) is 0 Å². The van der Waals surface area contributed by atoms with Crippen molar-refractivity contribution in [3.63, 3.8) is 0 Å². The van der Waals surface area contributed by atoms with Gasteiger partial charge in [-0.3, -0.25) is 4.55 Å². The van der Waals surface area contributed by atoms with Gasteiger partial charge in [-0.25, -0.2) is 0 Å². The first-order valence-electron chi connectivity index (χ1n) is 1.26. The average molecular weight is 126 g/mol.